The Morgan fingerprint density at radius 3 is 1.23 bits per heavy atom. The summed E-state index contributed by atoms with van der Waals surface area (Å²) in [5.74, 6) is -0.480. The average molecular weight is 313 g/mol. The Balaban J connectivity index is 3.13. The Hall–Kier alpha value is -0.0800. The lowest BCUT2D eigenvalue weighted by molar-refractivity contribution is -0.0781. The third kappa shape index (κ3) is 3.11. The van der Waals surface area contributed by atoms with Crippen LogP contribution in [0.1, 0.15) is 95.9 Å². The van der Waals surface area contributed by atoms with Gasteiger partial charge in [0.05, 0.1) is 0 Å². The van der Waals surface area contributed by atoms with Crippen molar-refractivity contribution in [1.82, 2.24) is 0 Å². The SMILES string of the molecule is CC(C)(C)C(C)(C)CCC(C)(C(C)(C)C)C1(C(C)(C)C)OO1. The van der Waals surface area contributed by atoms with Crippen LogP contribution in [0.3, 0.4) is 0 Å². The third-order valence-corrected chi connectivity index (χ3v) is 6.90. The van der Waals surface area contributed by atoms with Crippen LogP contribution in [0.2, 0.25) is 0 Å². The molecule has 0 aromatic carbocycles. The predicted octanol–water partition coefficient (Wildman–Crippen LogP) is 6.60. The van der Waals surface area contributed by atoms with E-state index in [0.717, 1.165) is 12.8 Å². The topological polar surface area (TPSA) is 25.1 Å². The minimum absolute atomic E-state index is 0.0408. The van der Waals surface area contributed by atoms with Crippen molar-refractivity contribution in [3.05, 3.63) is 0 Å². The molecule has 132 valence electrons. The zero-order valence-electron chi connectivity index (χ0n) is 17.2. The lowest BCUT2D eigenvalue weighted by Crippen LogP contribution is -2.53. The predicted molar refractivity (Wildman–Crippen MR) is 94.4 cm³/mol. The van der Waals surface area contributed by atoms with E-state index in [-0.39, 0.29) is 27.1 Å². The van der Waals surface area contributed by atoms with Crippen LogP contribution in [0.15, 0.2) is 0 Å². The van der Waals surface area contributed by atoms with Gasteiger partial charge in [-0.1, -0.05) is 83.1 Å². The summed E-state index contributed by atoms with van der Waals surface area (Å²) >= 11 is 0. The van der Waals surface area contributed by atoms with E-state index in [4.69, 9.17) is 9.78 Å². The first-order chi connectivity index (χ1) is 9.41. The second-order valence-electron chi connectivity index (χ2n) is 11.2. The van der Waals surface area contributed by atoms with Crippen molar-refractivity contribution in [1.29, 1.82) is 0 Å². The van der Waals surface area contributed by atoms with Crippen LogP contribution in [0.4, 0.5) is 0 Å². The van der Waals surface area contributed by atoms with Crippen LogP contribution >= 0.6 is 0 Å². The van der Waals surface area contributed by atoms with Gasteiger partial charge in [-0.15, -0.1) is 0 Å². The molecular formula is C20H40O2. The van der Waals surface area contributed by atoms with Crippen LogP contribution < -0.4 is 0 Å². The normalized spacial score (nSPS) is 22.4. The first kappa shape index (κ1) is 20.0. The van der Waals surface area contributed by atoms with Gasteiger partial charge in [0.1, 0.15) is 0 Å². The Labute approximate surface area is 139 Å². The smallest absolute Gasteiger partial charge is 0.194 e. The molecule has 0 bridgehead atoms. The summed E-state index contributed by atoms with van der Waals surface area (Å²) in [6.45, 7) is 27.7. The summed E-state index contributed by atoms with van der Waals surface area (Å²) in [7, 11) is 0. The van der Waals surface area contributed by atoms with Crippen molar-refractivity contribution in [3.63, 3.8) is 0 Å². The van der Waals surface area contributed by atoms with Gasteiger partial charge in [0, 0.05) is 10.8 Å². The molecule has 1 rings (SSSR count). The molecule has 0 N–H and O–H groups in total. The molecule has 0 aliphatic carbocycles. The summed E-state index contributed by atoms with van der Waals surface area (Å²) < 4.78 is 0. The molecule has 1 aliphatic rings. The Bertz CT molecular complexity index is 397. The van der Waals surface area contributed by atoms with E-state index < -0.39 is 5.79 Å². The minimum Gasteiger partial charge on any atom is -0.194 e. The van der Waals surface area contributed by atoms with Crippen molar-refractivity contribution in [2.75, 3.05) is 0 Å². The Morgan fingerprint density at radius 1 is 0.591 bits per heavy atom. The van der Waals surface area contributed by atoms with Crippen LogP contribution in [-0.2, 0) is 9.78 Å². The average Bonchev–Trinajstić information content (AvgIpc) is 3.02. The van der Waals surface area contributed by atoms with Gasteiger partial charge in [0.15, 0.2) is 0 Å². The number of hydrogen-bond acceptors (Lipinski definition) is 2. The molecule has 0 aromatic rings. The summed E-state index contributed by atoms with van der Waals surface area (Å²) in [6.07, 6.45) is 2.26. The fourth-order valence-corrected chi connectivity index (χ4v) is 3.27. The van der Waals surface area contributed by atoms with Crippen LogP contribution in [0, 0.1) is 27.1 Å². The monoisotopic (exact) mass is 312 g/mol. The van der Waals surface area contributed by atoms with Gasteiger partial charge in [0.25, 0.3) is 0 Å². The zero-order chi connectivity index (χ0) is 17.8. The Morgan fingerprint density at radius 2 is 1.00 bits per heavy atom. The highest BCUT2D eigenvalue weighted by molar-refractivity contribution is 5.07. The molecule has 2 heteroatoms. The molecule has 0 saturated carbocycles. The molecule has 1 unspecified atom stereocenters. The van der Waals surface area contributed by atoms with E-state index in [1.807, 2.05) is 0 Å². The quantitative estimate of drug-likeness (QED) is 0.432. The van der Waals surface area contributed by atoms with E-state index in [1.54, 1.807) is 0 Å². The van der Waals surface area contributed by atoms with Gasteiger partial charge in [-0.3, -0.25) is 0 Å². The van der Waals surface area contributed by atoms with E-state index in [9.17, 15) is 0 Å². The standard InChI is InChI=1S/C20H40O2/c1-15(2,3)18(10,11)13-14-19(12,16(4,5)6)20(21-22-20)17(7,8)9/h13-14H2,1-12H3. The van der Waals surface area contributed by atoms with Gasteiger partial charge >= 0.3 is 0 Å². The molecule has 0 aromatic heterocycles. The van der Waals surface area contributed by atoms with Gasteiger partial charge in [-0.05, 0) is 29.1 Å². The highest BCUT2D eigenvalue weighted by Crippen LogP contribution is 2.65. The maximum atomic E-state index is 5.70. The van der Waals surface area contributed by atoms with Gasteiger partial charge in [0.2, 0.25) is 5.79 Å². The van der Waals surface area contributed by atoms with Gasteiger partial charge in [-0.25, -0.2) is 0 Å². The fraction of sp³-hybridized carbons (Fsp3) is 1.00. The molecule has 0 amide bonds. The molecule has 22 heavy (non-hydrogen) atoms. The zero-order valence-corrected chi connectivity index (χ0v) is 17.2. The summed E-state index contributed by atoms with van der Waals surface area (Å²) in [4.78, 5) is 11.4. The van der Waals surface area contributed by atoms with Crippen molar-refractivity contribution in [2.24, 2.45) is 27.1 Å². The molecule has 1 fully saturated rings. The molecule has 0 radical (unpaired) electrons. The number of rotatable bonds is 4. The first-order valence-electron chi connectivity index (χ1n) is 8.78. The molecule has 0 spiro atoms. The Kier molecular flexibility index (Phi) is 4.73. The molecule has 2 nitrogen and oxygen atoms in total. The van der Waals surface area contributed by atoms with Crippen molar-refractivity contribution >= 4 is 0 Å². The highest BCUT2D eigenvalue weighted by atomic mass is 17.4. The first-order valence-corrected chi connectivity index (χ1v) is 8.78. The highest BCUT2D eigenvalue weighted by Gasteiger charge is 2.72. The maximum absolute atomic E-state index is 5.70. The van der Waals surface area contributed by atoms with Crippen molar-refractivity contribution in [2.45, 2.75) is 102 Å². The molecule has 1 heterocycles. The summed E-state index contributed by atoms with van der Waals surface area (Å²) in [5.41, 5.74) is 0.575. The fourth-order valence-electron chi connectivity index (χ4n) is 3.27. The molecule has 1 saturated heterocycles. The molecule has 1 aliphatic heterocycles. The minimum atomic E-state index is -0.480. The van der Waals surface area contributed by atoms with Crippen LogP contribution in [0.25, 0.3) is 0 Å². The van der Waals surface area contributed by atoms with E-state index >= 15 is 0 Å². The van der Waals surface area contributed by atoms with E-state index in [0.29, 0.717) is 0 Å². The van der Waals surface area contributed by atoms with E-state index in [2.05, 4.69) is 83.1 Å². The molecule has 1 atom stereocenters. The van der Waals surface area contributed by atoms with Gasteiger partial charge in [-0.2, -0.15) is 9.78 Å². The van der Waals surface area contributed by atoms with Crippen molar-refractivity contribution in [3.8, 4) is 0 Å². The molecular weight excluding hydrogens is 272 g/mol. The third-order valence-electron chi connectivity index (χ3n) is 6.90. The lowest BCUT2D eigenvalue weighted by Gasteiger charge is -2.50. The largest absolute Gasteiger partial charge is 0.244 e. The second kappa shape index (κ2) is 5.21. The van der Waals surface area contributed by atoms with Crippen molar-refractivity contribution < 1.29 is 9.78 Å². The van der Waals surface area contributed by atoms with E-state index in [1.165, 1.54) is 0 Å². The van der Waals surface area contributed by atoms with Crippen LogP contribution in [-0.4, -0.2) is 5.79 Å². The van der Waals surface area contributed by atoms with Crippen LogP contribution in [0.5, 0.6) is 0 Å². The second-order valence-corrected chi connectivity index (χ2v) is 11.2. The lowest BCUT2D eigenvalue weighted by atomic mass is 9.54. The summed E-state index contributed by atoms with van der Waals surface area (Å²) in [6, 6.07) is 0. The maximum Gasteiger partial charge on any atom is 0.244 e. The summed E-state index contributed by atoms with van der Waals surface area (Å²) in [5, 5.41) is 0. The van der Waals surface area contributed by atoms with Gasteiger partial charge < -0.3 is 0 Å². The number of hydrogen-bond donors (Lipinski definition) is 0.